The number of carbonyl (C=O) groups excluding carboxylic acids is 1. The number of alkyl halides is 3. The molecule has 4 aromatic rings. The minimum atomic E-state index is -4.74. The molecule has 1 fully saturated rings. The van der Waals surface area contributed by atoms with Gasteiger partial charge in [0, 0.05) is 44.5 Å². The Morgan fingerprint density at radius 2 is 1.66 bits per heavy atom. The molecule has 194 valence electrons. The second-order valence-electron chi connectivity index (χ2n) is 9.04. The number of fused-ring (bicyclic) bond motifs is 2. The van der Waals surface area contributed by atoms with Gasteiger partial charge in [-0.15, -0.1) is 13.2 Å². The number of nitrogens with zero attached hydrogens (tertiary/aromatic N) is 4. The lowest BCUT2D eigenvalue weighted by atomic mass is 10.0. The number of hydrogen-bond donors (Lipinski definition) is 0. The highest BCUT2D eigenvalue weighted by Gasteiger charge is 2.31. The zero-order chi connectivity index (χ0) is 26.3. The Hall–Kier alpha value is -4.05. The van der Waals surface area contributed by atoms with Gasteiger partial charge in [0.2, 0.25) is 0 Å². The zero-order valence-electron chi connectivity index (χ0n) is 20.2. The predicted octanol–water partition coefficient (Wildman–Crippen LogP) is 6.32. The third-order valence-corrected chi connectivity index (χ3v) is 7.74. The molecule has 0 radical (unpaired) electrons. The largest absolute Gasteiger partial charge is 0.573 e. The summed E-state index contributed by atoms with van der Waals surface area (Å²) in [6.45, 7) is 2.87. The van der Waals surface area contributed by atoms with E-state index >= 15 is 0 Å². The topological polar surface area (TPSA) is 48.9 Å². The van der Waals surface area contributed by atoms with Gasteiger partial charge in [0.15, 0.2) is 5.13 Å². The van der Waals surface area contributed by atoms with E-state index in [1.807, 2.05) is 41.3 Å². The van der Waals surface area contributed by atoms with Crippen molar-refractivity contribution in [3.63, 3.8) is 0 Å². The Morgan fingerprint density at radius 3 is 2.45 bits per heavy atom. The summed E-state index contributed by atoms with van der Waals surface area (Å²) in [5.74, 6) is -0.286. The summed E-state index contributed by atoms with van der Waals surface area (Å²) < 4.78 is 42.4. The number of hydrogen-bond acceptors (Lipinski definition) is 6. The highest BCUT2D eigenvalue weighted by atomic mass is 32.1. The molecule has 2 aliphatic rings. The van der Waals surface area contributed by atoms with Gasteiger partial charge in [-0.1, -0.05) is 53.8 Å². The van der Waals surface area contributed by atoms with E-state index in [1.165, 1.54) is 29.5 Å². The van der Waals surface area contributed by atoms with Crippen molar-refractivity contribution in [3.05, 3.63) is 83.9 Å². The monoisotopic (exact) mass is 536 g/mol. The minimum Gasteiger partial charge on any atom is -0.406 e. The quantitative estimate of drug-likeness (QED) is 0.306. The van der Waals surface area contributed by atoms with E-state index in [-0.39, 0.29) is 11.7 Å². The molecule has 1 amide bonds. The zero-order valence-corrected chi connectivity index (χ0v) is 21.0. The molecular weight excluding hydrogens is 513 g/mol. The maximum Gasteiger partial charge on any atom is 0.573 e. The molecule has 10 heteroatoms. The highest BCUT2D eigenvalue weighted by Crippen LogP contribution is 2.36. The van der Waals surface area contributed by atoms with Gasteiger partial charge >= 0.3 is 6.36 Å². The van der Waals surface area contributed by atoms with Crippen LogP contribution in [0, 0.1) is 0 Å². The van der Waals surface area contributed by atoms with Gasteiger partial charge in [-0.3, -0.25) is 4.79 Å². The molecule has 0 N–H and O–H groups in total. The Labute approximate surface area is 221 Å². The number of anilines is 3. The number of rotatable bonds is 4. The molecular formula is C28H23F3N4O2S. The van der Waals surface area contributed by atoms with E-state index < -0.39 is 6.36 Å². The van der Waals surface area contributed by atoms with Crippen molar-refractivity contribution in [2.45, 2.75) is 6.36 Å². The van der Waals surface area contributed by atoms with Crippen LogP contribution in [0.5, 0.6) is 5.75 Å². The summed E-state index contributed by atoms with van der Waals surface area (Å²) in [6.07, 6.45) is -0.545. The van der Waals surface area contributed by atoms with Crippen LogP contribution in [0.15, 0.2) is 72.8 Å². The van der Waals surface area contributed by atoms with Gasteiger partial charge in [0.25, 0.3) is 5.91 Å². The fourth-order valence-corrected chi connectivity index (χ4v) is 5.92. The highest BCUT2D eigenvalue weighted by molar-refractivity contribution is 7.22. The lowest BCUT2D eigenvalue weighted by Gasteiger charge is -2.36. The first kappa shape index (κ1) is 24.3. The average molecular weight is 537 g/mol. The Kier molecular flexibility index (Phi) is 6.19. The van der Waals surface area contributed by atoms with Crippen LogP contribution >= 0.6 is 11.3 Å². The molecule has 1 aromatic heterocycles. The van der Waals surface area contributed by atoms with E-state index in [2.05, 4.69) is 43.8 Å². The summed E-state index contributed by atoms with van der Waals surface area (Å²) in [7, 11) is 0. The molecule has 0 spiro atoms. The molecule has 6 rings (SSSR count). The molecule has 0 aliphatic carbocycles. The molecule has 2 aliphatic heterocycles. The summed E-state index contributed by atoms with van der Waals surface area (Å²) in [4.78, 5) is 24.3. The number of aromatic nitrogens is 1. The molecule has 0 unspecified atom stereocenters. The van der Waals surface area contributed by atoms with Gasteiger partial charge < -0.3 is 19.4 Å². The van der Waals surface area contributed by atoms with Crippen molar-refractivity contribution in [2.24, 2.45) is 0 Å². The van der Waals surface area contributed by atoms with E-state index in [9.17, 15) is 18.0 Å². The van der Waals surface area contributed by atoms with Crippen molar-refractivity contribution in [1.29, 1.82) is 0 Å². The molecule has 0 atom stereocenters. The molecule has 6 nitrogen and oxygen atoms in total. The lowest BCUT2D eigenvalue weighted by molar-refractivity contribution is -0.274. The number of amides is 1. The average Bonchev–Trinajstić information content (AvgIpc) is 3.35. The Morgan fingerprint density at radius 1 is 0.921 bits per heavy atom. The van der Waals surface area contributed by atoms with Gasteiger partial charge in [0.05, 0.1) is 21.5 Å². The molecule has 3 heterocycles. The number of ether oxygens (including phenoxy) is 1. The van der Waals surface area contributed by atoms with Crippen LogP contribution in [0.4, 0.5) is 29.7 Å². The van der Waals surface area contributed by atoms with Crippen LogP contribution in [0.2, 0.25) is 0 Å². The van der Waals surface area contributed by atoms with Crippen molar-refractivity contribution < 1.29 is 22.7 Å². The van der Waals surface area contributed by atoms with E-state index in [0.717, 1.165) is 16.9 Å². The van der Waals surface area contributed by atoms with Gasteiger partial charge in [-0.05, 0) is 35.9 Å². The number of thiazole rings is 1. The van der Waals surface area contributed by atoms with Crippen molar-refractivity contribution in [2.75, 3.05) is 42.5 Å². The summed E-state index contributed by atoms with van der Waals surface area (Å²) in [6, 6.07) is 20.0. The predicted molar refractivity (Wildman–Crippen MR) is 143 cm³/mol. The Balaban J connectivity index is 1.17. The first-order valence-electron chi connectivity index (χ1n) is 12.2. The third-order valence-electron chi connectivity index (χ3n) is 6.66. The molecule has 3 aromatic carbocycles. The van der Waals surface area contributed by atoms with Crippen molar-refractivity contribution in [1.82, 2.24) is 9.88 Å². The van der Waals surface area contributed by atoms with Gasteiger partial charge in [-0.25, -0.2) is 4.98 Å². The maximum absolute atomic E-state index is 13.7. The minimum absolute atomic E-state index is 0.0227. The smallest absolute Gasteiger partial charge is 0.406 e. The van der Waals surface area contributed by atoms with E-state index in [4.69, 9.17) is 0 Å². The normalized spacial score (nSPS) is 15.6. The van der Waals surface area contributed by atoms with Crippen molar-refractivity contribution >= 4 is 50.0 Å². The van der Waals surface area contributed by atoms with Crippen LogP contribution in [0.25, 0.3) is 16.3 Å². The number of piperazine rings is 1. The van der Waals surface area contributed by atoms with Crippen LogP contribution in [-0.4, -0.2) is 54.9 Å². The first-order chi connectivity index (χ1) is 18.4. The number of carbonyl (C=O) groups is 1. The van der Waals surface area contributed by atoms with Crippen LogP contribution in [0.1, 0.15) is 15.9 Å². The van der Waals surface area contributed by atoms with Gasteiger partial charge in [-0.2, -0.15) is 0 Å². The fourth-order valence-electron chi connectivity index (χ4n) is 4.87. The number of para-hydroxylation sites is 2. The first-order valence-corrected chi connectivity index (χ1v) is 13.0. The summed E-state index contributed by atoms with van der Waals surface area (Å²) in [5.41, 5.74) is 4.33. The SMILES string of the molecule is O=C(c1ccccc1N1CC=Cc2ccccc21)N1CCN(c2nc3ccc(OC(F)(F)F)cc3s2)CC1. The summed E-state index contributed by atoms with van der Waals surface area (Å²) >= 11 is 1.32. The number of benzene rings is 3. The molecule has 0 saturated carbocycles. The second-order valence-corrected chi connectivity index (χ2v) is 10.1. The van der Waals surface area contributed by atoms with Crippen molar-refractivity contribution in [3.8, 4) is 5.75 Å². The van der Waals surface area contributed by atoms with Crippen LogP contribution in [-0.2, 0) is 0 Å². The van der Waals surface area contributed by atoms with Crippen LogP contribution in [0.3, 0.4) is 0 Å². The maximum atomic E-state index is 13.7. The van der Waals surface area contributed by atoms with Gasteiger partial charge in [0.1, 0.15) is 5.75 Å². The second kappa shape index (κ2) is 9.68. The standard InChI is InChI=1S/C28H23F3N4O2S/c29-28(30,31)37-20-11-12-22-25(18-20)38-27(32-22)34-16-14-33(15-17-34)26(36)21-8-2-4-10-24(21)35-13-5-7-19-6-1-3-9-23(19)35/h1-12,18H,13-17H2. The fraction of sp³-hybridized carbons (Fsp3) is 0.214. The lowest BCUT2D eigenvalue weighted by Crippen LogP contribution is -2.49. The van der Waals surface area contributed by atoms with Crippen LogP contribution < -0.4 is 14.5 Å². The molecule has 1 saturated heterocycles. The third kappa shape index (κ3) is 4.79. The molecule has 0 bridgehead atoms. The number of halogens is 3. The molecule has 38 heavy (non-hydrogen) atoms. The van der Waals surface area contributed by atoms with E-state index in [1.54, 1.807) is 0 Å². The van der Waals surface area contributed by atoms with E-state index in [0.29, 0.717) is 53.6 Å². The summed E-state index contributed by atoms with van der Waals surface area (Å²) in [5, 5.41) is 0.716. The Bertz CT molecular complexity index is 1530.